The highest BCUT2D eigenvalue weighted by atomic mass is 35.5. The second-order valence-electron chi connectivity index (χ2n) is 3.03. The Kier molecular flexibility index (Phi) is 2.18. The van der Waals surface area contributed by atoms with Gasteiger partial charge in [-0.25, -0.2) is 6.57 Å². The normalized spacial score (nSPS) is 42.5. The molecule has 1 saturated carbocycles. The van der Waals surface area contributed by atoms with Crippen LogP contribution in [0.2, 0.25) is 0 Å². The van der Waals surface area contributed by atoms with Gasteiger partial charge in [-0.05, 0) is 6.42 Å². The van der Waals surface area contributed by atoms with Crippen molar-refractivity contribution in [2.75, 3.05) is 6.54 Å². The minimum absolute atomic E-state index is 0. The molecule has 1 N–H and O–H groups in total. The number of halogens is 1. The molecule has 1 aliphatic heterocycles. The summed E-state index contributed by atoms with van der Waals surface area (Å²) < 4.78 is 0. The van der Waals surface area contributed by atoms with E-state index in [1.54, 1.807) is 0 Å². The Morgan fingerprint density at radius 2 is 2.20 bits per heavy atom. The van der Waals surface area contributed by atoms with Crippen LogP contribution < -0.4 is 5.32 Å². The van der Waals surface area contributed by atoms with Gasteiger partial charge in [0.25, 0.3) is 0 Å². The second-order valence-corrected chi connectivity index (χ2v) is 3.03. The van der Waals surface area contributed by atoms with E-state index in [0.29, 0.717) is 18.0 Å². The standard InChI is InChI=1S/C7H10N2.ClH/c1-8-7-3-6-2-5(7)4-9-6;/h5-7,9H,2-4H2;1H. The van der Waals surface area contributed by atoms with E-state index in [9.17, 15) is 0 Å². The van der Waals surface area contributed by atoms with Crippen molar-refractivity contribution in [3.8, 4) is 0 Å². The minimum Gasteiger partial charge on any atom is -0.313 e. The first kappa shape index (κ1) is 7.84. The fourth-order valence-corrected chi connectivity index (χ4v) is 1.96. The van der Waals surface area contributed by atoms with Crippen LogP contribution in [0.15, 0.2) is 0 Å². The molecule has 0 aromatic heterocycles. The summed E-state index contributed by atoms with van der Waals surface area (Å²) in [4.78, 5) is 3.58. The van der Waals surface area contributed by atoms with Crippen molar-refractivity contribution >= 4 is 12.4 Å². The summed E-state index contributed by atoms with van der Waals surface area (Å²) in [5.41, 5.74) is 0. The number of nitrogens with one attached hydrogen (secondary N) is 1. The van der Waals surface area contributed by atoms with Gasteiger partial charge in [-0.3, -0.25) is 0 Å². The second kappa shape index (κ2) is 2.77. The molecule has 1 aliphatic carbocycles. The maximum Gasteiger partial charge on any atom is 0.229 e. The van der Waals surface area contributed by atoms with E-state index < -0.39 is 0 Å². The van der Waals surface area contributed by atoms with Crippen LogP contribution in [0.5, 0.6) is 0 Å². The minimum atomic E-state index is 0. The van der Waals surface area contributed by atoms with Crippen LogP contribution in [0, 0.1) is 12.5 Å². The molecular formula is C7H11ClN2. The Balaban J connectivity index is 0.000000500. The lowest BCUT2D eigenvalue weighted by Crippen LogP contribution is -2.30. The lowest BCUT2D eigenvalue weighted by molar-refractivity contribution is 0.480. The fraction of sp³-hybridized carbons (Fsp3) is 0.857. The van der Waals surface area contributed by atoms with Crippen molar-refractivity contribution in [1.29, 1.82) is 0 Å². The smallest absolute Gasteiger partial charge is 0.229 e. The maximum absolute atomic E-state index is 6.85. The van der Waals surface area contributed by atoms with Crippen LogP contribution in [0.25, 0.3) is 4.85 Å². The highest BCUT2D eigenvalue weighted by Crippen LogP contribution is 2.33. The lowest BCUT2D eigenvalue weighted by Gasteiger charge is -2.11. The summed E-state index contributed by atoms with van der Waals surface area (Å²) in [6.45, 7) is 7.95. The molecule has 3 atom stereocenters. The third-order valence-corrected chi connectivity index (χ3v) is 2.49. The molecular weight excluding hydrogens is 148 g/mol. The number of fused-ring (bicyclic) bond motifs is 2. The molecule has 0 aromatic carbocycles. The molecule has 56 valence electrons. The van der Waals surface area contributed by atoms with Gasteiger partial charge in [0, 0.05) is 24.9 Å². The average Bonchev–Trinajstić information content (AvgIpc) is 2.45. The molecule has 3 unspecified atom stereocenters. The molecule has 1 heterocycles. The van der Waals surface area contributed by atoms with Gasteiger partial charge in [-0.15, -0.1) is 12.4 Å². The first-order chi connectivity index (χ1) is 4.40. The van der Waals surface area contributed by atoms with Gasteiger partial charge in [0.05, 0.1) is 0 Å². The number of piperidine rings is 1. The van der Waals surface area contributed by atoms with Crippen molar-refractivity contribution in [1.82, 2.24) is 5.32 Å². The maximum atomic E-state index is 6.85. The topological polar surface area (TPSA) is 16.4 Å². The molecule has 2 fully saturated rings. The largest absolute Gasteiger partial charge is 0.313 e. The van der Waals surface area contributed by atoms with E-state index in [2.05, 4.69) is 10.2 Å². The third-order valence-electron chi connectivity index (χ3n) is 2.49. The van der Waals surface area contributed by atoms with Gasteiger partial charge in [-0.1, -0.05) is 0 Å². The Hall–Kier alpha value is -0.260. The van der Waals surface area contributed by atoms with E-state index in [1.165, 1.54) is 6.42 Å². The van der Waals surface area contributed by atoms with Gasteiger partial charge >= 0.3 is 0 Å². The van der Waals surface area contributed by atoms with Crippen LogP contribution in [0.1, 0.15) is 12.8 Å². The number of hydrogen-bond acceptors (Lipinski definition) is 1. The lowest BCUT2D eigenvalue weighted by atomic mass is 10.1. The molecule has 10 heavy (non-hydrogen) atoms. The average molecular weight is 159 g/mol. The van der Waals surface area contributed by atoms with E-state index >= 15 is 0 Å². The SMILES string of the molecule is Cl.[C-]#[N+]C1CC2CC1CN2. The monoisotopic (exact) mass is 158 g/mol. The predicted molar refractivity (Wildman–Crippen MR) is 42.2 cm³/mol. The summed E-state index contributed by atoms with van der Waals surface area (Å²) in [6, 6.07) is 1.05. The van der Waals surface area contributed by atoms with Gasteiger partial charge in [0.15, 0.2) is 0 Å². The summed E-state index contributed by atoms with van der Waals surface area (Å²) in [7, 11) is 0. The van der Waals surface area contributed by atoms with Crippen molar-refractivity contribution in [3.05, 3.63) is 11.4 Å². The van der Waals surface area contributed by atoms with Crippen molar-refractivity contribution in [3.63, 3.8) is 0 Å². The molecule has 2 aliphatic rings. The van der Waals surface area contributed by atoms with E-state index in [-0.39, 0.29) is 12.4 Å². The van der Waals surface area contributed by atoms with Gasteiger partial charge < -0.3 is 10.2 Å². The molecule has 0 spiro atoms. The Morgan fingerprint density at radius 1 is 1.40 bits per heavy atom. The highest BCUT2D eigenvalue weighted by Gasteiger charge is 2.43. The Labute approximate surface area is 67.2 Å². The fourth-order valence-electron chi connectivity index (χ4n) is 1.96. The Morgan fingerprint density at radius 3 is 2.50 bits per heavy atom. The van der Waals surface area contributed by atoms with Gasteiger partial charge in [0.2, 0.25) is 6.04 Å². The first-order valence-corrected chi connectivity index (χ1v) is 3.50. The van der Waals surface area contributed by atoms with Crippen LogP contribution in [0.4, 0.5) is 0 Å². The molecule has 0 aromatic rings. The zero-order valence-corrected chi connectivity index (χ0v) is 6.53. The first-order valence-electron chi connectivity index (χ1n) is 3.50. The van der Waals surface area contributed by atoms with E-state index in [4.69, 9.17) is 6.57 Å². The van der Waals surface area contributed by atoms with Crippen LogP contribution in [-0.2, 0) is 0 Å². The molecule has 1 saturated heterocycles. The quantitative estimate of drug-likeness (QED) is 0.522. The van der Waals surface area contributed by atoms with Crippen molar-refractivity contribution in [2.24, 2.45) is 5.92 Å². The van der Waals surface area contributed by atoms with E-state index in [1.807, 2.05) is 0 Å². The zero-order chi connectivity index (χ0) is 6.27. The van der Waals surface area contributed by atoms with Crippen molar-refractivity contribution in [2.45, 2.75) is 24.9 Å². The summed E-state index contributed by atoms with van der Waals surface area (Å²) in [5, 5.41) is 3.38. The van der Waals surface area contributed by atoms with Crippen LogP contribution in [-0.4, -0.2) is 18.6 Å². The molecule has 0 amide bonds. The molecule has 2 bridgehead atoms. The van der Waals surface area contributed by atoms with Crippen molar-refractivity contribution < 1.29 is 0 Å². The molecule has 0 radical (unpaired) electrons. The molecule has 2 rings (SSSR count). The van der Waals surface area contributed by atoms with Gasteiger partial charge in [0.1, 0.15) is 0 Å². The van der Waals surface area contributed by atoms with Crippen LogP contribution >= 0.6 is 12.4 Å². The summed E-state index contributed by atoms with van der Waals surface area (Å²) in [5.74, 6) is 0.687. The summed E-state index contributed by atoms with van der Waals surface area (Å²) >= 11 is 0. The molecule has 3 heteroatoms. The predicted octanol–water partition coefficient (Wildman–Crippen LogP) is 1.08. The zero-order valence-electron chi connectivity index (χ0n) is 5.71. The highest BCUT2D eigenvalue weighted by molar-refractivity contribution is 5.85. The molecule has 2 nitrogen and oxygen atoms in total. The van der Waals surface area contributed by atoms with Crippen LogP contribution in [0.3, 0.4) is 0 Å². The van der Waals surface area contributed by atoms with E-state index in [0.717, 1.165) is 13.0 Å². The van der Waals surface area contributed by atoms with Gasteiger partial charge in [-0.2, -0.15) is 0 Å². The number of nitrogens with zero attached hydrogens (tertiary/aromatic N) is 1. The number of hydrogen-bond donors (Lipinski definition) is 1. The number of rotatable bonds is 0. The third kappa shape index (κ3) is 1.00. The summed E-state index contributed by atoms with van der Waals surface area (Å²) in [6.07, 6.45) is 2.36. The Bertz CT molecular complexity index is 163.